The number of halogens is 1. The summed E-state index contributed by atoms with van der Waals surface area (Å²) in [6.07, 6.45) is 2.39. The summed E-state index contributed by atoms with van der Waals surface area (Å²) in [5.74, 6) is 0. The number of nitrogens with zero attached hydrogens (tertiary/aromatic N) is 5. The van der Waals surface area contributed by atoms with Crippen LogP contribution in [0.5, 0.6) is 0 Å². The second-order valence-electron chi connectivity index (χ2n) is 5.60. The summed E-state index contributed by atoms with van der Waals surface area (Å²) in [5, 5.41) is 1.58. The Morgan fingerprint density at radius 1 is 1.35 bits per heavy atom. The van der Waals surface area contributed by atoms with Crippen LogP contribution in [0.25, 0.3) is 21.4 Å². The minimum atomic E-state index is 0.723. The van der Waals surface area contributed by atoms with Gasteiger partial charge in [0, 0.05) is 0 Å². The van der Waals surface area contributed by atoms with Crippen molar-refractivity contribution >= 4 is 94.5 Å². The number of aromatic nitrogens is 5. The van der Waals surface area contributed by atoms with Crippen LogP contribution >= 0.6 is 46.9 Å². The van der Waals surface area contributed by atoms with E-state index in [2.05, 4.69) is 19.5 Å². The Balaban J connectivity index is 1.78. The SMILES string of the molecule is CC(=S)CCn1c(Sc2nc3cccc(Cl)c3s2)nc2c([AsH2])ncnc21. The van der Waals surface area contributed by atoms with Gasteiger partial charge in [0.05, 0.1) is 0 Å². The number of thiocarbonyl (C=S) groups is 1. The molecule has 1 atom stereocenters. The number of hydrogen-bond donors (Lipinski definition) is 0. The van der Waals surface area contributed by atoms with Crippen LogP contribution in [0.3, 0.4) is 0 Å². The molecule has 0 N–H and O–H groups in total. The average molecular weight is 482 g/mol. The van der Waals surface area contributed by atoms with Crippen molar-refractivity contribution < 1.29 is 0 Å². The van der Waals surface area contributed by atoms with Crippen LogP contribution in [0.1, 0.15) is 13.3 Å². The van der Waals surface area contributed by atoms with Gasteiger partial charge in [-0.15, -0.1) is 0 Å². The fraction of sp³-hybridized carbons (Fsp3) is 0.188. The van der Waals surface area contributed by atoms with Crippen molar-refractivity contribution in [2.75, 3.05) is 0 Å². The number of hydrogen-bond acceptors (Lipinski definition) is 7. The van der Waals surface area contributed by atoms with Gasteiger partial charge in [-0.25, -0.2) is 0 Å². The van der Waals surface area contributed by atoms with E-state index in [1.807, 2.05) is 25.1 Å². The van der Waals surface area contributed by atoms with Crippen LogP contribution in [-0.2, 0) is 6.54 Å². The molecule has 3 heterocycles. The van der Waals surface area contributed by atoms with Gasteiger partial charge < -0.3 is 0 Å². The Bertz CT molecular complexity index is 1140. The third kappa shape index (κ3) is 3.53. The summed E-state index contributed by atoms with van der Waals surface area (Å²) in [6.45, 7) is 2.70. The normalized spacial score (nSPS) is 11.5. The van der Waals surface area contributed by atoms with E-state index in [9.17, 15) is 0 Å². The van der Waals surface area contributed by atoms with E-state index in [1.165, 1.54) is 28.6 Å². The Labute approximate surface area is 177 Å². The molecule has 4 aromatic rings. The first-order valence-electron chi connectivity index (χ1n) is 7.72. The predicted molar refractivity (Wildman–Crippen MR) is 115 cm³/mol. The fourth-order valence-corrected chi connectivity index (χ4v) is 5.49. The summed E-state index contributed by atoms with van der Waals surface area (Å²) in [7, 11) is 0. The predicted octanol–water partition coefficient (Wildman–Crippen LogP) is 3.28. The molecule has 0 aliphatic heterocycles. The molecule has 0 saturated carbocycles. The molecule has 0 aliphatic carbocycles. The monoisotopic (exact) mass is 481 g/mol. The van der Waals surface area contributed by atoms with Gasteiger partial charge in [-0.2, -0.15) is 0 Å². The summed E-state index contributed by atoms with van der Waals surface area (Å²) in [5.41, 5.74) is 2.59. The van der Waals surface area contributed by atoms with Gasteiger partial charge in [0.1, 0.15) is 0 Å². The molecule has 1 aromatic carbocycles. The Morgan fingerprint density at radius 2 is 2.19 bits per heavy atom. The number of aryl methyl sites for hydroxylation is 1. The van der Waals surface area contributed by atoms with Crippen molar-refractivity contribution in [2.45, 2.75) is 29.4 Å². The van der Waals surface area contributed by atoms with E-state index < -0.39 is 0 Å². The molecule has 0 radical (unpaired) electrons. The van der Waals surface area contributed by atoms with Crippen molar-refractivity contribution in [1.29, 1.82) is 0 Å². The van der Waals surface area contributed by atoms with E-state index in [0.717, 1.165) is 58.2 Å². The molecule has 0 saturated heterocycles. The second kappa shape index (κ2) is 7.52. The molecule has 3 aromatic heterocycles. The third-order valence-electron chi connectivity index (χ3n) is 3.74. The van der Waals surface area contributed by atoms with Crippen molar-refractivity contribution in [3.63, 3.8) is 0 Å². The van der Waals surface area contributed by atoms with Crippen molar-refractivity contribution in [2.24, 2.45) is 0 Å². The average Bonchev–Trinajstić information content (AvgIpc) is 3.16. The molecular formula is C16H13AsClN5S3. The number of fused-ring (bicyclic) bond motifs is 2. The molecule has 132 valence electrons. The zero-order chi connectivity index (χ0) is 18.3. The van der Waals surface area contributed by atoms with E-state index in [1.54, 1.807) is 17.7 Å². The molecule has 0 aliphatic rings. The van der Waals surface area contributed by atoms with Crippen LogP contribution in [0.4, 0.5) is 0 Å². The number of rotatable bonds is 5. The zero-order valence-corrected chi connectivity index (χ0v) is 19.3. The van der Waals surface area contributed by atoms with E-state index in [-0.39, 0.29) is 0 Å². The molecule has 0 bridgehead atoms. The first-order chi connectivity index (χ1) is 12.5. The van der Waals surface area contributed by atoms with Gasteiger partial charge in [-0.05, 0) is 0 Å². The third-order valence-corrected chi connectivity index (χ3v) is 7.42. The first-order valence-corrected chi connectivity index (χ1v) is 11.3. The molecule has 0 fully saturated rings. The molecule has 5 nitrogen and oxygen atoms in total. The fourth-order valence-electron chi connectivity index (χ4n) is 2.50. The van der Waals surface area contributed by atoms with E-state index in [4.69, 9.17) is 28.8 Å². The van der Waals surface area contributed by atoms with Gasteiger partial charge in [0.2, 0.25) is 0 Å². The number of imidazole rings is 1. The molecule has 0 amide bonds. The topological polar surface area (TPSA) is 56.5 Å². The maximum atomic E-state index is 6.28. The number of benzene rings is 1. The van der Waals surface area contributed by atoms with E-state index >= 15 is 0 Å². The molecule has 26 heavy (non-hydrogen) atoms. The van der Waals surface area contributed by atoms with Crippen LogP contribution in [0, 0.1) is 0 Å². The van der Waals surface area contributed by atoms with Gasteiger partial charge in [-0.3, -0.25) is 0 Å². The summed E-state index contributed by atoms with van der Waals surface area (Å²) >= 11 is 16.1. The van der Waals surface area contributed by atoms with E-state index in [0.29, 0.717) is 0 Å². The van der Waals surface area contributed by atoms with Gasteiger partial charge in [-0.1, -0.05) is 0 Å². The molecule has 10 heteroatoms. The second-order valence-corrected chi connectivity index (χ2v) is 10.1. The Morgan fingerprint density at radius 3 is 2.96 bits per heavy atom. The molecular weight excluding hydrogens is 469 g/mol. The molecule has 1 unspecified atom stereocenters. The standard InChI is InChI=1S/C16H13AsClN5S3/c1-8(24)5-6-23-14-11(13(17)19-7-20-14)22-15(23)26-16-21-10-4-2-3-9(18)12(10)25-16/h2-4,7H,5-6,17H2,1H3. The van der Waals surface area contributed by atoms with Gasteiger partial charge in [0.15, 0.2) is 0 Å². The van der Waals surface area contributed by atoms with Crippen LogP contribution in [-0.4, -0.2) is 46.2 Å². The van der Waals surface area contributed by atoms with Crippen molar-refractivity contribution in [3.05, 3.63) is 29.5 Å². The Kier molecular flexibility index (Phi) is 5.30. The van der Waals surface area contributed by atoms with Crippen LogP contribution in [0.2, 0.25) is 5.02 Å². The number of thiazole rings is 1. The minimum absolute atomic E-state index is 0.723. The Hall–Kier alpha value is -1.05. The molecule has 4 rings (SSSR count). The first kappa shape index (κ1) is 18.3. The van der Waals surface area contributed by atoms with Gasteiger partial charge in [0.25, 0.3) is 0 Å². The maximum absolute atomic E-state index is 6.28. The quantitative estimate of drug-likeness (QED) is 0.322. The van der Waals surface area contributed by atoms with Crippen LogP contribution in [0.15, 0.2) is 34.0 Å². The van der Waals surface area contributed by atoms with Gasteiger partial charge >= 0.3 is 178 Å². The molecule has 0 spiro atoms. The zero-order valence-electron chi connectivity index (χ0n) is 13.6. The summed E-state index contributed by atoms with van der Waals surface area (Å²) < 4.78 is 4.93. The van der Waals surface area contributed by atoms with Crippen molar-refractivity contribution in [3.8, 4) is 0 Å². The summed E-state index contributed by atoms with van der Waals surface area (Å²) in [6, 6.07) is 5.77. The van der Waals surface area contributed by atoms with Crippen LogP contribution < -0.4 is 4.48 Å². The summed E-state index contributed by atoms with van der Waals surface area (Å²) in [4.78, 5) is 19.2. The van der Waals surface area contributed by atoms with Crippen molar-refractivity contribution in [1.82, 2.24) is 24.5 Å².